The Hall–Kier alpha value is -1.43. The van der Waals surface area contributed by atoms with Gasteiger partial charge in [-0.3, -0.25) is 9.77 Å². The molecule has 2 N–H and O–H groups in total. The molecular weight excluding hydrogens is 136 g/mol. The molecule has 0 amide bonds. The second kappa shape index (κ2) is 2.44. The van der Waals surface area contributed by atoms with Gasteiger partial charge < -0.3 is 0 Å². The lowest BCUT2D eigenvalue weighted by Gasteiger charge is -1.95. The normalized spacial score (nSPS) is 9.40. The number of anilines is 1. The van der Waals surface area contributed by atoms with E-state index >= 15 is 0 Å². The summed E-state index contributed by atoms with van der Waals surface area (Å²) in [6.07, 6.45) is 1.26. The maximum atomic E-state index is 10.7. The highest BCUT2D eigenvalue weighted by molar-refractivity contribution is 5.15. The Morgan fingerprint density at radius 2 is 2.50 bits per heavy atom. The molecule has 0 aliphatic carbocycles. The summed E-state index contributed by atoms with van der Waals surface area (Å²) in [6, 6.07) is 0. The van der Waals surface area contributed by atoms with Crippen LogP contribution in [0.4, 0.5) is 5.95 Å². The van der Waals surface area contributed by atoms with Crippen molar-refractivity contribution in [2.24, 2.45) is 7.05 Å². The molecule has 0 spiro atoms. The second-order valence-corrected chi connectivity index (χ2v) is 1.69. The molecule has 1 rings (SSSR count). The molecule has 6 heteroatoms. The minimum atomic E-state index is -0.466. The Morgan fingerprint density at radius 3 is 3.00 bits per heavy atom. The SMILES string of the molecule is Cn1cnc(NO)nc1=O. The number of nitrogens with one attached hydrogen (secondary N) is 1. The minimum absolute atomic E-state index is 0.0944. The van der Waals surface area contributed by atoms with E-state index in [-0.39, 0.29) is 5.95 Å². The van der Waals surface area contributed by atoms with Gasteiger partial charge in [0.25, 0.3) is 5.95 Å². The zero-order chi connectivity index (χ0) is 7.56. The van der Waals surface area contributed by atoms with Crippen LogP contribution in [0, 0.1) is 0 Å². The van der Waals surface area contributed by atoms with Crippen LogP contribution in [-0.4, -0.2) is 19.7 Å². The molecule has 0 aliphatic rings. The Balaban J connectivity index is 3.17. The van der Waals surface area contributed by atoms with Crippen LogP contribution < -0.4 is 11.2 Å². The molecule has 0 atom stereocenters. The molecule has 0 fully saturated rings. The molecule has 0 saturated carbocycles. The van der Waals surface area contributed by atoms with E-state index in [4.69, 9.17) is 5.21 Å². The van der Waals surface area contributed by atoms with Gasteiger partial charge in [0, 0.05) is 7.05 Å². The first-order valence-corrected chi connectivity index (χ1v) is 2.54. The molecular formula is C4H6N4O2. The van der Waals surface area contributed by atoms with E-state index in [0.29, 0.717) is 0 Å². The van der Waals surface area contributed by atoms with Gasteiger partial charge in [-0.2, -0.15) is 4.98 Å². The molecule has 1 heterocycles. The van der Waals surface area contributed by atoms with Gasteiger partial charge in [-0.25, -0.2) is 15.3 Å². The Kier molecular flexibility index (Phi) is 1.63. The first-order valence-electron chi connectivity index (χ1n) is 2.54. The fourth-order valence-electron chi connectivity index (χ4n) is 0.443. The van der Waals surface area contributed by atoms with Gasteiger partial charge in [0.05, 0.1) is 0 Å². The van der Waals surface area contributed by atoms with Crippen molar-refractivity contribution in [3.05, 3.63) is 16.8 Å². The third kappa shape index (κ3) is 1.11. The van der Waals surface area contributed by atoms with E-state index in [1.54, 1.807) is 5.48 Å². The van der Waals surface area contributed by atoms with Gasteiger partial charge >= 0.3 is 5.69 Å². The summed E-state index contributed by atoms with van der Waals surface area (Å²) in [7, 11) is 1.52. The maximum absolute atomic E-state index is 10.7. The van der Waals surface area contributed by atoms with Gasteiger partial charge in [-0.05, 0) is 0 Å². The van der Waals surface area contributed by atoms with Crippen LogP contribution in [0.3, 0.4) is 0 Å². The monoisotopic (exact) mass is 142 g/mol. The zero-order valence-corrected chi connectivity index (χ0v) is 5.27. The largest absolute Gasteiger partial charge is 0.351 e. The van der Waals surface area contributed by atoms with Crippen molar-refractivity contribution in [1.29, 1.82) is 0 Å². The third-order valence-electron chi connectivity index (χ3n) is 0.956. The average Bonchev–Trinajstić information content (AvgIpc) is 1.95. The molecule has 0 radical (unpaired) electrons. The Bertz CT molecular complexity index is 281. The van der Waals surface area contributed by atoms with E-state index in [2.05, 4.69) is 9.97 Å². The summed E-state index contributed by atoms with van der Waals surface area (Å²) in [4.78, 5) is 17.5. The highest BCUT2D eigenvalue weighted by atomic mass is 16.5. The summed E-state index contributed by atoms with van der Waals surface area (Å²) < 4.78 is 1.20. The highest BCUT2D eigenvalue weighted by Crippen LogP contribution is 1.84. The summed E-state index contributed by atoms with van der Waals surface area (Å²) in [5.74, 6) is -0.0944. The maximum Gasteiger partial charge on any atom is 0.351 e. The van der Waals surface area contributed by atoms with Gasteiger partial charge in [0.1, 0.15) is 6.33 Å². The predicted molar refractivity (Wildman–Crippen MR) is 32.7 cm³/mol. The molecule has 0 aliphatic heterocycles. The summed E-state index contributed by atoms with van der Waals surface area (Å²) >= 11 is 0. The van der Waals surface area contributed by atoms with Crippen LogP contribution in [0.15, 0.2) is 11.1 Å². The van der Waals surface area contributed by atoms with Crippen molar-refractivity contribution in [2.75, 3.05) is 5.48 Å². The molecule has 54 valence electrons. The van der Waals surface area contributed by atoms with Crippen molar-refractivity contribution >= 4 is 5.95 Å². The van der Waals surface area contributed by atoms with Crippen LogP contribution in [0.2, 0.25) is 0 Å². The van der Waals surface area contributed by atoms with E-state index in [1.807, 2.05) is 0 Å². The van der Waals surface area contributed by atoms with Crippen LogP contribution in [0.1, 0.15) is 0 Å². The summed E-state index contributed by atoms with van der Waals surface area (Å²) in [5, 5.41) is 8.23. The van der Waals surface area contributed by atoms with Crippen molar-refractivity contribution in [2.45, 2.75) is 0 Å². The van der Waals surface area contributed by atoms with Crippen LogP contribution in [-0.2, 0) is 7.05 Å². The lowest BCUT2D eigenvalue weighted by Crippen LogP contribution is -2.21. The van der Waals surface area contributed by atoms with Crippen molar-refractivity contribution in [3.8, 4) is 0 Å². The topological polar surface area (TPSA) is 80.0 Å². The molecule has 0 bridgehead atoms. The van der Waals surface area contributed by atoms with E-state index in [1.165, 1.54) is 17.9 Å². The molecule has 10 heavy (non-hydrogen) atoms. The first kappa shape index (κ1) is 6.69. The van der Waals surface area contributed by atoms with Gasteiger partial charge in [-0.1, -0.05) is 0 Å². The van der Waals surface area contributed by atoms with Gasteiger partial charge in [-0.15, -0.1) is 0 Å². The van der Waals surface area contributed by atoms with Crippen LogP contribution >= 0.6 is 0 Å². The van der Waals surface area contributed by atoms with Crippen molar-refractivity contribution in [3.63, 3.8) is 0 Å². The summed E-state index contributed by atoms with van der Waals surface area (Å²) in [6.45, 7) is 0. The number of hydrogen-bond acceptors (Lipinski definition) is 5. The zero-order valence-electron chi connectivity index (χ0n) is 5.27. The van der Waals surface area contributed by atoms with Crippen LogP contribution in [0.5, 0.6) is 0 Å². The lowest BCUT2D eigenvalue weighted by atomic mass is 10.9. The lowest BCUT2D eigenvalue weighted by molar-refractivity contribution is 0.381. The minimum Gasteiger partial charge on any atom is -0.288 e. The first-order chi connectivity index (χ1) is 4.74. The predicted octanol–water partition coefficient (Wildman–Crippen LogP) is -1.02. The molecule has 0 aromatic carbocycles. The molecule has 6 nitrogen and oxygen atoms in total. The average molecular weight is 142 g/mol. The highest BCUT2D eigenvalue weighted by Gasteiger charge is 1.93. The van der Waals surface area contributed by atoms with E-state index in [0.717, 1.165) is 0 Å². The van der Waals surface area contributed by atoms with Crippen molar-refractivity contribution in [1.82, 2.24) is 14.5 Å². The molecule has 0 saturated heterocycles. The quantitative estimate of drug-likeness (QED) is 0.490. The Labute approximate surface area is 56.1 Å². The number of aromatic nitrogens is 3. The fraction of sp³-hybridized carbons (Fsp3) is 0.250. The smallest absolute Gasteiger partial charge is 0.288 e. The Morgan fingerprint density at radius 1 is 1.80 bits per heavy atom. The third-order valence-corrected chi connectivity index (χ3v) is 0.956. The molecule has 0 unspecified atom stereocenters. The molecule has 1 aromatic heterocycles. The molecule has 1 aromatic rings. The fourth-order valence-corrected chi connectivity index (χ4v) is 0.443. The summed E-state index contributed by atoms with van der Waals surface area (Å²) in [5.41, 5.74) is 1.19. The van der Waals surface area contributed by atoms with E-state index < -0.39 is 5.69 Å². The van der Waals surface area contributed by atoms with Gasteiger partial charge in [0.2, 0.25) is 0 Å². The van der Waals surface area contributed by atoms with Crippen LogP contribution in [0.25, 0.3) is 0 Å². The number of nitrogens with zero attached hydrogens (tertiary/aromatic N) is 3. The number of rotatable bonds is 1. The van der Waals surface area contributed by atoms with E-state index in [9.17, 15) is 4.79 Å². The van der Waals surface area contributed by atoms with Crippen molar-refractivity contribution < 1.29 is 5.21 Å². The standard InChI is InChI=1S/C4H6N4O2/c1-8-2-5-3(7-10)6-4(8)9/h2,10H,1H3,(H,6,7,9). The van der Waals surface area contributed by atoms with Gasteiger partial charge in [0.15, 0.2) is 0 Å². The number of hydrogen-bond donors (Lipinski definition) is 2. The second-order valence-electron chi connectivity index (χ2n) is 1.69. The number of aryl methyl sites for hydroxylation is 1.